The van der Waals surface area contributed by atoms with Crippen molar-refractivity contribution in [3.63, 3.8) is 0 Å². The molecule has 0 aliphatic carbocycles. The van der Waals surface area contributed by atoms with Crippen molar-refractivity contribution >= 4 is 7.25 Å². The first-order chi connectivity index (χ1) is 5.68. The minimum Gasteiger partial charge on any atom is -1.00 e. The summed E-state index contributed by atoms with van der Waals surface area (Å²) in [6, 6.07) is 0. The first-order valence-corrected chi connectivity index (χ1v) is 4.39. The largest absolute Gasteiger partial charge is 1.00 e. The molecule has 0 fully saturated rings. The van der Waals surface area contributed by atoms with Gasteiger partial charge in [-0.15, -0.1) is 0 Å². The summed E-state index contributed by atoms with van der Waals surface area (Å²) in [5, 5.41) is 0. The fourth-order valence-electron chi connectivity index (χ4n) is 0.671. The molecule has 0 atom stereocenters. The van der Waals surface area contributed by atoms with Crippen LogP contribution in [0.2, 0.25) is 0 Å². The molecule has 0 aliphatic heterocycles. The molecule has 90 valence electrons. The monoisotopic (exact) mass is 321 g/mol. The van der Waals surface area contributed by atoms with E-state index in [1.165, 1.54) is 24.1 Å². The molecule has 0 N–H and O–H groups in total. The van der Waals surface area contributed by atoms with Crippen LogP contribution in [0.3, 0.4) is 0 Å². The smallest absolute Gasteiger partial charge is 1.00 e. The summed E-state index contributed by atoms with van der Waals surface area (Å²) in [6.45, 7) is 10.5. The zero-order valence-electron chi connectivity index (χ0n) is 10.0. The number of hydrogen-bond acceptors (Lipinski definition) is 0. The van der Waals surface area contributed by atoms with Crippen molar-refractivity contribution in [3.8, 4) is 0 Å². The van der Waals surface area contributed by atoms with Gasteiger partial charge in [-0.2, -0.15) is 0 Å². The van der Waals surface area contributed by atoms with Crippen LogP contribution in [0.25, 0.3) is 0 Å². The number of hydrogen-bond donors (Lipinski definition) is 0. The Morgan fingerprint density at radius 3 is 1.00 bits per heavy atom. The number of halogens is 5. The number of nitrogens with zero attached hydrogens (tertiary/aromatic N) is 1. The minimum absolute atomic E-state index is 0. The minimum atomic E-state index is -6.00. The Labute approximate surface area is 143 Å². The summed E-state index contributed by atoms with van der Waals surface area (Å²) >= 11 is 0. The van der Waals surface area contributed by atoms with Gasteiger partial charge in [-0.3, -0.25) is 0 Å². The van der Waals surface area contributed by atoms with Gasteiger partial charge in [-0.05, 0) is 20.8 Å². The van der Waals surface area contributed by atoms with E-state index in [4.69, 9.17) is 0 Å². The van der Waals surface area contributed by atoms with Gasteiger partial charge >= 0.3 is 58.6 Å². The summed E-state index contributed by atoms with van der Waals surface area (Å²) in [6.07, 6.45) is 0. The molecule has 0 saturated carbocycles. The van der Waals surface area contributed by atoms with E-state index in [2.05, 4.69) is 27.8 Å². The van der Waals surface area contributed by atoms with Gasteiger partial charge in [0.2, 0.25) is 0 Å². The fraction of sp³-hybridized carbons (Fsp3) is 1.00. The molecule has 0 rings (SSSR count). The van der Waals surface area contributed by atoms with Gasteiger partial charge in [0.1, 0.15) is 0 Å². The number of quaternary nitrogens is 1. The van der Waals surface area contributed by atoms with E-state index in [0.29, 0.717) is 0 Å². The van der Waals surface area contributed by atoms with Crippen molar-refractivity contribution in [3.05, 3.63) is 0 Å². The van der Waals surface area contributed by atoms with Crippen molar-refractivity contribution < 1.29 is 90.1 Å². The predicted molar refractivity (Wildman–Crippen MR) is 48.0 cm³/mol. The Hall–Kier alpha value is 1.86. The topological polar surface area (TPSA) is 0 Å². The van der Waals surface area contributed by atoms with Crippen LogP contribution >= 0.6 is 0 Å². The summed E-state index contributed by atoms with van der Waals surface area (Å²) < 4.78 is 40.2. The molecule has 0 saturated heterocycles. The van der Waals surface area contributed by atoms with Crippen molar-refractivity contribution in [1.82, 2.24) is 0 Å². The van der Waals surface area contributed by atoms with Crippen LogP contribution in [-0.4, -0.2) is 38.4 Å². The second kappa shape index (κ2) is 12.3. The maximum absolute atomic E-state index is 9.75. The van der Waals surface area contributed by atoms with Crippen LogP contribution < -0.4 is 68.4 Å². The fourth-order valence-corrected chi connectivity index (χ4v) is 0.671. The SMILES string of the molecule is CC[N+](C)(CC)CC.F[B-](F)(F)F.[Br-].[K+]. The van der Waals surface area contributed by atoms with E-state index in [0.717, 1.165) is 0 Å². The van der Waals surface area contributed by atoms with E-state index < -0.39 is 7.25 Å². The molecule has 8 heteroatoms. The molecule has 0 bridgehead atoms. The molecule has 0 aliphatic rings. The Morgan fingerprint density at radius 1 is 0.867 bits per heavy atom. The summed E-state index contributed by atoms with van der Waals surface area (Å²) in [7, 11) is -3.71. The Morgan fingerprint density at radius 2 is 1.00 bits per heavy atom. The molecule has 1 nitrogen and oxygen atoms in total. The van der Waals surface area contributed by atoms with Crippen molar-refractivity contribution in [2.24, 2.45) is 0 Å². The molecule has 0 radical (unpaired) electrons. The second-order valence-corrected chi connectivity index (χ2v) is 3.06. The molecular formula is C7H18BBrF4KN. The maximum Gasteiger partial charge on any atom is 1.00 e. The molecule has 0 aromatic rings. The Balaban J connectivity index is -0.0000000770. The Bertz CT molecular complexity index is 118. The third-order valence-electron chi connectivity index (χ3n) is 2.29. The summed E-state index contributed by atoms with van der Waals surface area (Å²) in [5.41, 5.74) is 0. The van der Waals surface area contributed by atoms with E-state index in [9.17, 15) is 17.3 Å². The van der Waals surface area contributed by atoms with Gasteiger partial charge in [0.15, 0.2) is 0 Å². The number of rotatable bonds is 3. The summed E-state index contributed by atoms with van der Waals surface area (Å²) in [5.74, 6) is 0. The zero-order chi connectivity index (χ0) is 11.1. The van der Waals surface area contributed by atoms with Gasteiger partial charge in [-0.25, -0.2) is 0 Å². The molecular weight excluding hydrogens is 304 g/mol. The quantitative estimate of drug-likeness (QED) is 0.292. The van der Waals surface area contributed by atoms with Gasteiger partial charge in [0.25, 0.3) is 0 Å². The normalized spacial score (nSPS) is 10.4. The van der Waals surface area contributed by atoms with Gasteiger partial charge in [0, 0.05) is 0 Å². The molecule has 15 heavy (non-hydrogen) atoms. The molecule has 0 heterocycles. The first-order valence-electron chi connectivity index (χ1n) is 4.39. The van der Waals surface area contributed by atoms with Gasteiger partial charge in [0.05, 0.1) is 26.7 Å². The Kier molecular flexibility index (Phi) is 21.1. The maximum atomic E-state index is 9.75. The van der Waals surface area contributed by atoms with Crippen LogP contribution in [0.4, 0.5) is 17.3 Å². The standard InChI is InChI=1S/C7H18N.BF4.BrH.K/c1-5-8(4,6-2)7-3;2-1(3,4)5;;/h5-7H2,1-4H3;;1H;/q+1;-1;;+1/p-1. The van der Waals surface area contributed by atoms with Crippen LogP contribution in [0.5, 0.6) is 0 Å². The molecule has 0 aromatic heterocycles. The van der Waals surface area contributed by atoms with Crippen molar-refractivity contribution in [1.29, 1.82) is 0 Å². The second-order valence-electron chi connectivity index (χ2n) is 3.06. The van der Waals surface area contributed by atoms with Crippen LogP contribution in [0.15, 0.2) is 0 Å². The van der Waals surface area contributed by atoms with E-state index in [-0.39, 0.29) is 68.4 Å². The van der Waals surface area contributed by atoms with E-state index in [1.54, 1.807) is 0 Å². The molecule has 0 aromatic carbocycles. The van der Waals surface area contributed by atoms with Crippen molar-refractivity contribution in [2.45, 2.75) is 20.8 Å². The first kappa shape index (κ1) is 25.6. The zero-order valence-corrected chi connectivity index (χ0v) is 14.7. The van der Waals surface area contributed by atoms with E-state index >= 15 is 0 Å². The van der Waals surface area contributed by atoms with Crippen LogP contribution in [-0.2, 0) is 0 Å². The predicted octanol–water partition coefficient (Wildman–Crippen LogP) is -3.20. The molecule has 0 amide bonds. The van der Waals surface area contributed by atoms with Crippen LogP contribution in [0.1, 0.15) is 20.8 Å². The van der Waals surface area contributed by atoms with Gasteiger partial charge < -0.3 is 38.7 Å². The third-order valence-corrected chi connectivity index (χ3v) is 2.29. The van der Waals surface area contributed by atoms with E-state index in [1.807, 2.05) is 0 Å². The average Bonchev–Trinajstić information content (AvgIpc) is 2.00. The molecule has 0 unspecified atom stereocenters. The van der Waals surface area contributed by atoms with Crippen LogP contribution in [0, 0.1) is 0 Å². The average molecular weight is 322 g/mol. The molecule has 0 spiro atoms. The third kappa shape index (κ3) is 25.8. The van der Waals surface area contributed by atoms with Crippen molar-refractivity contribution in [2.75, 3.05) is 26.7 Å². The van der Waals surface area contributed by atoms with Gasteiger partial charge in [-0.1, -0.05) is 0 Å². The summed E-state index contributed by atoms with van der Waals surface area (Å²) in [4.78, 5) is 0.